The molecule has 21 heavy (non-hydrogen) atoms. The molecule has 1 heterocycles. The van der Waals surface area contributed by atoms with Crippen molar-refractivity contribution in [3.63, 3.8) is 0 Å². The molecule has 4 heteroatoms. The Labute approximate surface area is 124 Å². The second-order valence-electron chi connectivity index (χ2n) is 6.73. The molecule has 0 radical (unpaired) electrons. The minimum Gasteiger partial charge on any atom is -0.296 e. The summed E-state index contributed by atoms with van der Waals surface area (Å²) in [5.74, 6) is -0.490. The van der Waals surface area contributed by atoms with Gasteiger partial charge in [-0.1, -0.05) is 32.9 Å². The number of benzene rings is 1. The number of nitrogens with one attached hydrogen (secondary N) is 1. The van der Waals surface area contributed by atoms with Crippen molar-refractivity contribution in [3.05, 3.63) is 35.6 Å². The Morgan fingerprint density at radius 1 is 1.29 bits per heavy atom. The van der Waals surface area contributed by atoms with E-state index >= 15 is 0 Å². The lowest BCUT2D eigenvalue weighted by atomic mass is 9.65. The van der Waals surface area contributed by atoms with Crippen molar-refractivity contribution in [3.8, 4) is 0 Å². The van der Waals surface area contributed by atoms with Gasteiger partial charge in [0.2, 0.25) is 11.8 Å². The molecule has 1 aliphatic heterocycles. The number of carbonyl (C=O) groups excluding carboxylic acids is 2. The first kappa shape index (κ1) is 15.7. The highest BCUT2D eigenvalue weighted by Gasteiger charge is 2.45. The molecule has 1 aliphatic rings. The summed E-state index contributed by atoms with van der Waals surface area (Å²) in [6.45, 7) is 6.13. The molecule has 1 aromatic carbocycles. The van der Waals surface area contributed by atoms with E-state index in [1.54, 1.807) is 12.1 Å². The summed E-state index contributed by atoms with van der Waals surface area (Å²) in [4.78, 5) is 24.0. The SMILES string of the molecule is CC(C)CC1C(=O)NC(=O)CC1(C)Cc1ccc(F)cc1. The summed E-state index contributed by atoms with van der Waals surface area (Å²) in [6, 6.07) is 6.29. The standard InChI is InChI=1S/C17H22FNO2/c1-11(2)8-14-16(21)19-15(20)10-17(14,3)9-12-4-6-13(18)7-5-12/h4-7,11,14H,8-10H2,1-3H3,(H,19,20,21). The van der Waals surface area contributed by atoms with Crippen LogP contribution in [0.5, 0.6) is 0 Å². The van der Waals surface area contributed by atoms with E-state index in [4.69, 9.17) is 0 Å². The third-order valence-corrected chi connectivity index (χ3v) is 4.21. The van der Waals surface area contributed by atoms with Crippen LogP contribution in [-0.4, -0.2) is 11.8 Å². The first-order chi connectivity index (χ1) is 9.80. The molecule has 0 bridgehead atoms. The van der Waals surface area contributed by atoms with Gasteiger partial charge in [-0.05, 0) is 41.9 Å². The Hall–Kier alpha value is -1.71. The van der Waals surface area contributed by atoms with E-state index in [1.165, 1.54) is 12.1 Å². The molecule has 2 unspecified atom stereocenters. The summed E-state index contributed by atoms with van der Waals surface area (Å²) >= 11 is 0. The lowest BCUT2D eigenvalue weighted by Gasteiger charge is -2.40. The largest absolute Gasteiger partial charge is 0.296 e. The lowest BCUT2D eigenvalue weighted by molar-refractivity contribution is -0.143. The monoisotopic (exact) mass is 291 g/mol. The van der Waals surface area contributed by atoms with E-state index in [0.717, 1.165) is 12.0 Å². The first-order valence-electron chi connectivity index (χ1n) is 7.38. The molecule has 3 nitrogen and oxygen atoms in total. The van der Waals surface area contributed by atoms with Crippen LogP contribution in [0.2, 0.25) is 0 Å². The molecule has 0 spiro atoms. The van der Waals surface area contributed by atoms with Gasteiger partial charge in [0.05, 0.1) is 0 Å². The molecule has 2 atom stereocenters. The highest BCUT2D eigenvalue weighted by Crippen LogP contribution is 2.41. The average Bonchev–Trinajstić information content (AvgIpc) is 2.36. The maximum absolute atomic E-state index is 13.0. The van der Waals surface area contributed by atoms with E-state index in [-0.39, 0.29) is 23.5 Å². The number of carbonyl (C=O) groups is 2. The van der Waals surface area contributed by atoms with E-state index in [0.29, 0.717) is 18.8 Å². The molecule has 0 aromatic heterocycles. The van der Waals surface area contributed by atoms with Crippen molar-refractivity contribution in [1.82, 2.24) is 5.32 Å². The molecule has 0 aliphatic carbocycles. The summed E-state index contributed by atoms with van der Waals surface area (Å²) < 4.78 is 13.0. The zero-order valence-electron chi connectivity index (χ0n) is 12.8. The third kappa shape index (κ3) is 3.69. The van der Waals surface area contributed by atoms with Gasteiger partial charge in [0.15, 0.2) is 0 Å². The van der Waals surface area contributed by atoms with Gasteiger partial charge in [-0.3, -0.25) is 14.9 Å². The lowest BCUT2D eigenvalue weighted by Crippen LogP contribution is -2.52. The molecule has 1 N–H and O–H groups in total. The van der Waals surface area contributed by atoms with Gasteiger partial charge < -0.3 is 0 Å². The van der Waals surface area contributed by atoms with Gasteiger partial charge in [0.25, 0.3) is 0 Å². The molecule has 1 saturated heterocycles. The molecule has 1 aromatic rings. The van der Waals surface area contributed by atoms with Gasteiger partial charge in [-0.25, -0.2) is 4.39 Å². The van der Waals surface area contributed by atoms with Crippen LogP contribution < -0.4 is 5.32 Å². The Morgan fingerprint density at radius 3 is 2.48 bits per heavy atom. The van der Waals surface area contributed by atoms with Gasteiger partial charge in [-0.15, -0.1) is 0 Å². The summed E-state index contributed by atoms with van der Waals surface area (Å²) in [5.41, 5.74) is 0.539. The van der Waals surface area contributed by atoms with Crippen LogP contribution >= 0.6 is 0 Å². The zero-order valence-corrected chi connectivity index (χ0v) is 12.8. The minimum absolute atomic E-state index is 0.176. The van der Waals surface area contributed by atoms with E-state index in [1.807, 2.05) is 6.92 Å². The Kier molecular flexibility index (Phi) is 4.45. The predicted octanol–water partition coefficient (Wildman–Crippen LogP) is 3.08. The number of rotatable bonds is 4. The van der Waals surface area contributed by atoms with Crippen LogP contribution in [0, 0.1) is 23.1 Å². The minimum atomic E-state index is -0.415. The maximum Gasteiger partial charge on any atom is 0.230 e. The van der Waals surface area contributed by atoms with Crippen molar-refractivity contribution < 1.29 is 14.0 Å². The number of halogens is 1. The van der Waals surface area contributed by atoms with Crippen LogP contribution in [0.3, 0.4) is 0 Å². The molecule has 114 valence electrons. The number of imide groups is 1. The average molecular weight is 291 g/mol. The van der Waals surface area contributed by atoms with E-state index in [9.17, 15) is 14.0 Å². The number of amides is 2. The normalized spacial score (nSPS) is 26.0. The first-order valence-corrected chi connectivity index (χ1v) is 7.38. The summed E-state index contributed by atoms with van der Waals surface area (Å²) in [7, 11) is 0. The van der Waals surface area contributed by atoms with Crippen LogP contribution in [-0.2, 0) is 16.0 Å². The highest BCUT2D eigenvalue weighted by atomic mass is 19.1. The quantitative estimate of drug-likeness (QED) is 0.867. The number of piperidine rings is 1. The molecule has 1 fully saturated rings. The Bertz CT molecular complexity index is 538. The van der Waals surface area contributed by atoms with Crippen molar-refractivity contribution in [2.45, 2.75) is 40.0 Å². The van der Waals surface area contributed by atoms with Gasteiger partial charge in [0.1, 0.15) is 5.82 Å². The fourth-order valence-corrected chi connectivity index (χ4v) is 3.19. The Morgan fingerprint density at radius 2 is 1.90 bits per heavy atom. The summed E-state index contributed by atoms with van der Waals surface area (Å²) in [6.07, 6.45) is 1.67. The zero-order chi connectivity index (χ0) is 15.6. The summed E-state index contributed by atoms with van der Waals surface area (Å²) in [5, 5.41) is 2.45. The van der Waals surface area contributed by atoms with E-state index < -0.39 is 5.41 Å². The van der Waals surface area contributed by atoms with Crippen molar-refractivity contribution in [1.29, 1.82) is 0 Å². The van der Waals surface area contributed by atoms with E-state index in [2.05, 4.69) is 19.2 Å². The van der Waals surface area contributed by atoms with Crippen molar-refractivity contribution in [2.24, 2.45) is 17.3 Å². The van der Waals surface area contributed by atoms with Gasteiger partial charge in [0, 0.05) is 12.3 Å². The fourth-order valence-electron chi connectivity index (χ4n) is 3.19. The number of hydrogen-bond donors (Lipinski definition) is 1. The molecule has 0 saturated carbocycles. The van der Waals surface area contributed by atoms with Crippen LogP contribution in [0.15, 0.2) is 24.3 Å². The van der Waals surface area contributed by atoms with Gasteiger partial charge in [-0.2, -0.15) is 0 Å². The third-order valence-electron chi connectivity index (χ3n) is 4.21. The molecule has 2 amide bonds. The maximum atomic E-state index is 13.0. The smallest absolute Gasteiger partial charge is 0.230 e. The van der Waals surface area contributed by atoms with Crippen LogP contribution in [0.25, 0.3) is 0 Å². The number of hydrogen-bond acceptors (Lipinski definition) is 2. The van der Waals surface area contributed by atoms with Gasteiger partial charge >= 0.3 is 0 Å². The van der Waals surface area contributed by atoms with Crippen molar-refractivity contribution in [2.75, 3.05) is 0 Å². The molecular weight excluding hydrogens is 269 g/mol. The molecular formula is C17H22FNO2. The Balaban J connectivity index is 2.26. The fraction of sp³-hybridized carbons (Fsp3) is 0.529. The highest BCUT2D eigenvalue weighted by molar-refractivity contribution is 5.99. The van der Waals surface area contributed by atoms with Crippen LogP contribution in [0.1, 0.15) is 39.2 Å². The van der Waals surface area contributed by atoms with Crippen LogP contribution in [0.4, 0.5) is 4.39 Å². The van der Waals surface area contributed by atoms with Crippen molar-refractivity contribution >= 4 is 11.8 Å². The second-order valence-corrected chi connectivity index (χ2v) is 6.73. The second kappa shape index (κ2) is 5.96. The predicted molar refractivity (Wildman–Crippen MR) is 78.9 cm³/mol. The molecule has 2 rings (SSSR count). The topological polar surface area (TPSA) is 46.2 Å².